The average Bonchev–Trinajstić information content (AvgIpc) is 3.27. The highest BCUT2D eigenvalue weighted by molar-refractivity contribution is 6.54. The molecule has 1 saturated carbocycles. The fourth-order valence-electron chi connectivity index (χ4n) is 6.00. The Bertz CT molecular complexity index is 1120. The lowest BCUT2D eigenvalue weighted by Crippen LogP contribution is -2.36. The predicted molar refractivity (Wildman–Crippen MR) is 137 cm³/mol. The van der Waals surface area contributed by atoms with Crippen LogP contribution < -0.4 is 0 Å². The largest absolute Gasteiger partial charge is 0.294 e. The van der Waals surface area contributed by atoms with Gasteiger partial charge in [0.2, 0.25) is 11.6 Å². The van der Waals surface area contributed by atoms with E-state index in [0.29, 0.717) is 41.2 Å². The van der Waals surface area contributed by atoms with E-state index < -0.39 is 5.78 Å². The fraction of sp³-hybridized carbons (Fsp3) is 0.452. The van der Waals surface area contributed by atoms with Crippen LogP contribution in [0.4, 0.5) is 0 Å². The van der Waals surface area contributed by atoms with Crippen LogP contribution in [-0.4, -0.2) is 17.3 Å². The van der Waals surface area contributed by atoms with Crippen molar-refractivity contribution in [3.63, 3.8) is 0 Å². The molecule has 34 heavy (non-hydrogen) atoms. The molecule has 0 amide bonds. The van der Waals surface area contributed by atoms with Crippen LogP contribution in [-0.2, 0) is 16.0 Å². The topological polar surface area (TPSA) is 51.2 Å². The molecule has 3 nitrogen and oxygen atoms in total. The molecule has 2 aliphatic carbocycles. The zero-order valence-electron chi connectivity index (χ0n) is 21.0. The smallest absolute Gasteiger partial charge is 0.229 e. The van der Waals surface area contributed by atoms with E-state index in [1.807, 2.05) is 24.3 Å². The molecule has 0 aliphatic heterocycles. The maximum Gasteiger partial charge on any atom is 0.229 e. The summed E-state index contributed by atoms with van der Waals surface area (Å²) in [5, 5.41) is 0. The summed E-state index contributed by atoms with van der Waals surface area (Å²) in [6.07, 6.45) is 4.38. The van der Waals surface area contributed by atoms with Gasteiger partial charge in [0.25, 0.3) is 0 Å². The number of allylic oxidation sites excluding steroid dienone is 2. The number of carbonyl (C=O) groups is 3. The van der Waals surface area contributed by atoms with E-state index in [0.717, 1.165) is 24.0 Å². The van der Waals surface area contributed by atoms with Crippen molar-refractivity contribution in [2.24, 2.45) is 29.6 Å². The number of hydrogen-bond acceptors (Lipinski definition) is 3. The Morgan fingerprint density at radius 1 is 0.882 bits per heavy atom. The van der Waals surface area contributed by atoms with Crippen LogP contribution >= 0.6 is 0 Å². The first-order chi connectivity index (χ1) is 16.2. The molecule has 5 unspecified atom stereocenters. The molecule has 178 valence electrons. The Morgan fingerprint density at radius 2 is 1.59 bits per heavy atom. The third-order valence-corrected chi connectivity index (χ3v) is 8.20. The van der Waals surface area contributed by atoms with Crippen molar-refractivity contribution < 1.29 is 14.4 Å². The van der Waals surface area contributed by atoms with Crippen molar-refractivity contribution in [1.29, 1.82) is 0 Å². The minimum absolute atomic E-state index is 0.0193. The predicted octanol–water partition coefficient (Wildman–Crippen LogP) is 6.71. The van der Waals surface area contributed by atoms with Gasteiger partial charge < -0.3 is 0 Å². The third-order valence-electron chi connectivity index (χ3n) is 8.20. The van der Waals surface area contributed by atoms with Crippen molar-refractivity contribution >= 4 is 22.9 Å². The molecule has 4 rings (SSSR count). The molecule has 2 aromatic rings. The first-order valence-corrected chi connectivity index (χ1v) is 12.7. The first kappa shape index (κ1) is 24.3. The standard InChI is InChI=1S/C31H36O3/c1-18(2)29(32)31(34)25-14-13-23-11-12-24(17-28(23)25)30(33)27-16-19(3)26(15-20(27)4)21(5)22-9-7-6-8-10-22/h6-12,14,17-21,26-27H,13,15-16H2,1-5H3. The molecule has 5 atom stereocenters. The van der Waals surface area contributed by atoms with E-state index in [9.17, 15) is 14.4 Å². The van der Waals surface area contributed by atoms with Gasteiger partial charge in [-0.1, -0.05) is 83.2 Å². The molecule has 0 bridgehead atoms. The number of ketones is 3. The van der Waals surface area contributed by atoms with Crippen LogP contribution in [0.5, 0.6) is 0 Å². The molecule has 0 radical (unpaired) electrons. The summed E-state index contributed by atoms with van der Waals surface area (Å²) < 4.78 is 0. The average molecular weight is 457 g/mol. The van der Waals surface area contributed by atoms with Crippen molar-refractivity contribution in [1.82, 2.24) is 0 Å². The van der Waals surface area contributed by atoms with Crippen LogP contribution in [0, 0.1) is 29.6 Å². The van der Waals surface area contributed by atoms with Crippen LogP contribution in [0.1, 0.15) is 80.4 Å². The van der Waals surface area contributed by atoms with E-state index in [2.05, 4.69) is 51.1 Å². The van der Waals surface area contributed by atoms with Crippen molar-refractivity contribution in [3.8, 4) is 0 Å². The monoisotopic (exact) mass is 456 g/mol. The summed E-state index contributed by atoms with van der Waals surface area (Å²) in [4.78, 5) is 38.7. The van der Waals surface area contributed by atoms with Crippen molar-refractivity contribution in [3.05, 3.63) is 76.9 Å². The lowest BCUT2D eigenvalue weighted by molar-refractivity contribution is -0.135. The third kappa shape index (κ3) is 4.58. The molecule has 0 N–H and O–H groups in total. The second kappa shape index (κ2) is 9.82. The van der Waals surface area contributed by atoms with E-state index in [1.165, 1.54) is 5.56 Å². The summed E-state index contributed by atoms with van der Waals surface area (Å²) in [6, 6.07) is 16.4. The lowest BCUT2D eigenvalue weighted by Gasteiger charge is -2.41. The molecular weight excluding hydrogens is 420 g/mol. The number of carbonyl (C=O) groups excluding carboxylic acids is 3. The SMILES string of the molecule is CC(C)C(=O)C(=O)C1=CCc2ccc(C(=O)C3CC(C)C(C(C)c4ccccc4)CC3C)cc21. The molecule has 2 aromatic carbocycles. The summed E-state index contributed by atoms with van der Waals surface area (Å²) in [6.45, 7) is 10.3. The maximum absolute atomic E-state index is 13.6. The summed E-state index contributed by atoms with van der Waals surface area (Å²) in [5.74, 6) is 0.777. The number of fused-ring (bicyclic) bond motifs is 1. The second-order valence-electron chi connectivity index (χ2n) is 10.8. The van der Waals surface area contributed by atoms with Gasteiger partial charge in [-0.15, -0.1) is 0 Å². The van der Waals surface area contributed by atoms with Crippen molar-refractivity contribution in [2.75, 3.05) is 0 Å². The summed E-state index contributed by atoms with van der Waals surface area (Å²) >= 11 is 0. The van der Waals surface area contributed by atoms with Gasteiger partial charge in [-0.2, -0.15) is 0 Å². The Hall–Kier alpha value is -2.81. The Kier molecular flexibility index (Phi) is 7.02. The highest BCUT2D eigenvalue weighted by atomic mass is 16.2. The highest BCUT2D eigenvalue weighted by Gasteiger charge is 2.39. The molecule has 0 saturated heterocycles. The van der Waals surface area contributed by atoms with Gasteiger partial charge >= 0.3 is 0 Å². The molecule has 0 spiro atoms. The zero-order chi connectivity index (χ0) is 24.6. The van der Waals surface area contributed by atoms with Crippen LogP contribution in [0.2, 0.25) is 0 Å². The van der Waals surface area contributed by atoms with E-state index >= 15 is 0 Å². The Balaban J connectivity index is 1.52. The van der Waals surface area contributed by atoms with Crippen LogP contribution in [0.15, 0.2) is 54.6 Å². The maximum atomic E-state index is 13.6. The minimum atomic E-state index is -0.434. The van der Waals surface area contributed by atoms with Gasteiger partial charge in [0.15, 0.2) is 5.78 Å². The van der Waals surface area contributed by atoms with Gasteiger partial charge in [-0.05, 0) is 65.7 Å². The number of hydrogen-bond donors (Lipinski definition) is 0. The molecule has 1 fully saturated rings. The van der Waals surface area contributed by atoms with Crippen LogP contribution in [0.25, 0.3) is 5.57 Å². The van der Waals surface area contributed by atoms with Gasteiger partial charge in [-0.25, -0.2) is 0 Å². The molecular formula is C31H36O3. The molecule has 3 heteroatoms. The van der Waals surface area contributed by atoms with E-state index in [-0.39, 0.29) is 23.4 Å². The van der Waals surface area contributed by atoms with Gasteiger partial charge in [0.1, 0.15) is 0 Å². The normalized spacial score (nSPS) is 24.9. The van der Waals surface area contributed by atoms with Gasteiger partial charge in [0.05, 0.1) is 0 Å². The first-order valence-electron chi connectivity index (χ1n) is 12.7. The van der Waals surface area contributed by atoms with Crippen molar-refractivity contribution in [2.45, 2.75) is 59.8 Å². The number of benzene rings is 2. The Morgan fingerprint density at radius 3 is 2.26 bits per heavy atom. The number of rotatable bonds is 7. The minimum Gasteiger partial charge on any atom is -0.294 e. The van der Waals surface area contributed by atoms with Crippen LogP contribution in [0.3, 0.4) is 0 Å². The second-order valence-corrected chi connectivity index (χ2v) is 10.8. The lowest BCUT2D eigenvalue weighted by atomic mass is 9.63. The van der Waals surface area contributed by atoms with E-state index in [4.69, 9.17) is 0 Å². The highest BCUT2D eigenvalue weighted by Crippen LogP contribution is 2.45. The molecule has 0 heterocycles. The summed E-state index contributed by atoms with van der Waals surface area (Å²) in [7, 11) is 0. The molecule has 2 aliphatic rings. The Labute approximate surface area is 203 Å². The van der Waals surface area contributed by atoms with Gasteiger partial charge in [0, 0.05) is 23.0 Å². The fourth-order valence-corrected chi connectivity index (χ4v) is 6.00. The summed E-state index contributed by atoms with van der Waals surface area (Å²) in [5.41, 5.74) is 4.27. The molecule has 0 aromatic heterocycles. The number of Topliss-reactive ketones (excluding diaryl/α,β-unsaturated/α-hetero) is 3. The van der Waals surface area contributed by atoms with E-state index in [1.54, 1.807) is 13.8 Å². The quantitative estimate of drug-likeness (QED) is 0.344. The van der Waals surface area contributed by atoms with Gasteiger partial charge in [-0.3, -0.25) is 14.4 Å². The zero-order valence-corrected chi connectivity index (χ0v) is 21.0.